The molecule has 0 fully saturated rings. The van der Waals surface area contributed by atoms with Gasteiger partial charge in [-0.2, -0.15) is 13.2 Å². The Morgan fingerprint density at radius 1 is 1.42 bits per heavy atom. The number of aliphatic carboxylic acids is 1. The van der Waals surface area contributed by atoms with Gasteiger partial charge in [0.05, 0.1) is 22.4 Å². The summed E-state index contributed by atoms with van der Waals surface area (Å²) in [6.45, 7) is 2.79. The van der Waals surface area contributed by atoms with Gasteiger partial charge >= 0.3 is 12.1 Å². The molecule has 2 heterocycles. The molecule has 0 saturated carbocycles. The Morgan fingerprint density at radius 3 is 2.50 bits per heavy atom. The van der Waals surface area contributed by atoms with E-state index in [1.807, 2.05) is 0 Å². The van der Waals surface area contributed by atoms with E-state index in [0.29, 0.717) is 12.3 Å². The molecule has 0 spiro atoms. The molecule has 11 heteroatoms. The number of alkyl halides is 3. The summed E-state index contributed by atoms with van der Waals surface area (Å²) in [6.07, 6.45) is -5.27. The third-order valence-electron chi connectivity index (χ3n) is 3.66. The number of aromatic nitrogens is 2. The van der Waals surface area contributed by atoms with Crippen molar-refractivity contribution >= 4 is 29.1 Å². The van der Waals surface area contributed by atoms with Gasteiger partial charge in [0, 0.05) is 6.20 Å². The number of hydrogen-bond donors (Lipinski definition) is 3. The number of carboxylic acid groups (broad SMARTS) is 1. The summed E-state index contributed by atoms with van der Waals surface area (Å²) in [5, 5.41) is 20.3. The number of halogens is 4. The second kappa shape index (κ2) is 7.12. The number of aliphatic hydroxyl groups excluding tert-OH is 1. The first-order valence-corrected chi connectivity index (χ1v) is 7.84. The van der Waals surface area contributed by atoms with Gasteiger partial charge in [-0.3, -0.25) is 9.20 Å². The summed E-state index contributed by atoms with van der Waals surface area (Å²) >= 11 is 5.87. The SMILES string of the molecule is CCc1nc2c(Cl)cc(C(F)(F)F)cn2c1C(=O)NC(C(=O)O)C(C)O. The first-order valence-electron chi connectivity index (χ1n) is 7.46. The lowest BCUT2D eigenvalue weighted by atomic mass is 10.1. The van der Waals surface area contributed by atoms with Gasteiger partial charge in [-0.25, -0.2) is 9.78 Å². The van der Waals surface area contributed by atoms with Gasteiger partial charge in [-0.05, 0) is 19.4 Å². The van der Waals surface area contributed by atoms with Gasteiger partial charge in [0.1, 0.15) is 5.69 Å². The highest BCUT2D eigenvalue weighted by Gasteiger charge is 2.34. The van der Waals surface area contributed by atoms with E-state index in [1.165, 1.54) is 0 Å². The van der Waals surface area contributed by atoms with Crippen molar-refractivity contribution in [2.45, 2.75) is 38.6 Å². The van der Waals surface area contributed by atoms with Crippen molar-refractivity contribution in [2.24, 2.45) is 0 Å². The van der Waals surface area contributed by atoms with Gasteiger partial charge in [-0.15, -0.1) is 0 Å². The number of hydrogen-bond acceptors (Lipinski definition) is 4. The molecule has 3 N–H and O–H groups in total. The van der Waals surface area contributed by atoms with Crippen LogP contribution in [0, 0.1) is 0 Å². The predicted molar refractivity (Wildman–Crippen MR) is 85.2 cm³/mol. The van der Waals surface area contributed by atoms with E-state index in [1.54, 1.807) is 6.92 Å². The molecule has 2 aromatic heterocycles. The Bertz CT molecular complexity index is 864. The summed E-state index contributed by atoms with van der Waals surface area (Å²) in [7, 11) is 0. The third kappa shape index (κ3) is 3.75. The van der Waals surface area contributed by atoms with Crippen LogP contribution in [0.25, 0.3) is 5.65 Å². The van der Waals surface area contributed by atoms with Crippen LogP contribution in [0.5, 0.6) is 0 Å². The minimum Gasteiger partial charge on any atom is -0.480 e. The fourth-order valence-corrected chi connectivity index (χ4v) is 2.64. The highest BCUT2D eigenvalue weighted by molar-refractivity contribution is 6.33. The third-order valence-corrected chi connectivity index (χ3v) is 3.94. The number of carboxylic acids is 1. The summed E-state index contributed by atoms with van der Waals surface area (Å²) in [6, 6.07) is -0.944. The number of aliphatic hydroxyl groups is 1. The Labute approximate surface area is 150 Å². The van der Waals surface area contributed by atoms with Crippen LogP contribution in [-0.2, 0) is 17.4 Å². The van der Waals surface area contributed by atoms with Crippen LogP contribution in [0.4, 0.5) is 13.2 Å². The molecule has 7 nitrogen and oxygen atoms in total. The molecule has 2 unspecified atom stereocenters. The monoisotopic (exact) mass is 393 g/mol. The standard InChI is InChI=1S/C15H15ClF3N3O4/c1-3-9-11(13(24)21-10(6(2)23)14(25)26)22-5-7(15(17,18)19)4-8(16)12(22)20-9/h4-6,10,23H,3H2,1-2H3,(H,21,24)(H,25,26). The van der Waals surface area contributed by atoms with Gasteiger partial charge in [-0.1, -0.05) is 18.5 Å². The normalized spacial score (nSPS) is 14.3. The topological polar surface area (TPSA) is 104 Å². The number of nitrogens with zero attached hydrogens (tertiary/aromatic N) is 2. The Morgan fingerprint density at radius 2 is 2.04 bits per heavy atom. The molecule has 26 heavy (non-hydrogen) atoms. The first kappa shape index (κ1) is 20.0. The molecule has 2 aromatic rings. The molecule has 0 aliphatic carbocycles. The molecule has 0 bridgehead atoms. The molecule has 142 valence electrons. The summed E-state index contributed by atoms with van der Waals surface area (Å²) in [5.74, 6) is -2.48. The predicted octanol–water partition coefficient (Wildman–Crippen LogP) is 2.13. The molecular weight excluding hydrogens is 379 g/mol. The zero-order valence-corrected chi connectivity index (χ0v) is 14.4. The number of rotatable bonds is 5. The lowest BCUT2D eigenvalue weighted by molar-refractivity contribution is -0.142. The average Bonchev–Trinajstić information content (AvgIpc) is 2.90. The number of carbonyl (C=O) groups excluding carboxylic acids is 1. The second-order valence-electron chi connectivity index (χ2n) is 5.56. The lowest BCUT2D eigenvalue weighted by Gasteiger charge is -2.17. The highest BCUT2D eigenvalue weighted by Crippen LogP contribution is 2.33. The minimum absolute atomic E-state index is 0.0643. The van der Waals surface area contributed by atoms with Crippen LogP contribution < -0.4 is 5.32 Å². The van der Waals surface area contributed by atoms with Crippen molar-refractivity contribution in [3.8, 4) is 0 Å². The molecule has 2 rings (SSSR count). The quantitative estimate of drug-likeness (QED) is 0.722. The zero-order chi connectivity index (χ0) is 19.8. The Hall–Kier alpha value is -2.33. The molecule has 0 saturated heterocycles. The maximum absolute atomic E-state index is 13.0. The molecule has 0 radical (unpaired) electrons. The average molecular weight is 394 g/mol. The fraction of sp³-hybridized carbons (Fsp3) is 0.400. The van der Waals surface area contributed by atoms with Gasteiger partial charge in [0.2, 0.25) is 0 Å². The van der Waals surface area contributed by atoms with Crippen LogP contribution in [0.1, 0.15) is 35.6 Å². The van der Waals surface area contributed by atoms with Crippen molar-refractivity contribution in [3.63, 3.8) is 0 Å². The number of nitrogens with one attached hydrogen (secondary N) is 1. The molecule has 0 aromatic carbocycles. The van der Waals surface area contributed by atoms with Gasteiger partial charge < -0.3 is 15.5 Å². The minimum atomic E-state index is -4.70. The van der Waals surface area contributed by atoms with Crippen LogP contribution in [-0.4, -0.2) is 43.6 Å². The molecular formula is C15H15ClF3N3O4. The Balaban J connectivity index is 2.62. The zero-order valence-electron chi connectivity index (χ0n) is 13.6. The van der Waals surface area contributed by atoms with E-state index >= 15 is 0 Å². The van der Waals surface area contributed by atoms with E-state index in [4.69, 9.17) is 16.7 Å². The number of pyridine rings is 1. The van der Waals surface area contributed by atoms with Crippen LogP contribution >= 0.6 is 11.6 Å². The first-order chi connectivity index (χ1) is 12.0. The number of fused-ring (bicyclic) bond motifs is 1. The van der Waals surface area contributed by atoms with Crippen LogP contribution in [0.2, 0.25) is 5.02 Å². The van der Waals surface area contributed by atoms with Crippen molar-refractivity contribution < 1.29 is 33.0 Å². The van der Waals surface area contributed by atoms with E-state index in [9.17, 15) is 27.9 Å². The fourth-order valence-electron chi connectivity index (χ4n) is 2.39. The highest BCUT2D eigenvalue weighted by atomic mass is 35.5. The smallest absolute Gasteiger partial charge is 0.417 e. The van der Waals surface area contributed by atoms with Crippen LogP contribution in [0.3, 0.4) is 0 Å². The summed E-state index contributed by atoms with van der Waals surface area (Å²) < 4.78 is 40.0. The van der Waals surface area contributed by atoms with Crippen molar-refractivity contribution in [2.75, 3.05) is 0 Å². The maximum atomic E-state index is 13.0. The largest absolute Gasteiger partial charge is 0.480 e. The summed E-state index contributed by atoms with van der Waals surface area (Å²) in [4.78, 5) is 27.7. The van der Waals surface area contributed by atoms with E-state index in [0.717, 1.165) is 11.3 Å². The van der Waals surface area contributed by atoms with Gasteiger partial charge in [0.25, 0.3) is 5.91 Å². The van der Waals surface area contributed by atoms with Crippen molar-refractivity contribution in [3.05, 3.63) is 34.2 Å². The van der Waals surface area contributed by atoms with E-state index in [-0.39, 0.29) is 28.5 Å². The van der Waals surface area contributed by atoms with Crippen molar-refractivity contribution in [1.82, 2.24) is 14.7 Å². The van der Waals surface area contributed by atoms with Gasteiger partial charge in [0.15, 0.2) is 11.7 Å². The second-order valence-corrected chi connectivity index (χ2v) is 5.97. The lowest BCUT2D eigenvalue weighted by Crippen LogP contribution is -2.48. The maximum Gasteiger partial charge on any atom is 0.417 e. The van der Waals surface area contributed by atoms with E-state index in [2.05, 4.69) is 10.3 Å². The molecule has 0 aliphatic heterocycles. The number of imidazole rings is 1. The Kier molecular flexibility index (Phi) is 5.47. The number of aryl methyl sites for hydroxylation is 1. The van der Waals surface area contributed by atoms with Crippen molar-refractivity contribution in [1.29, 1.82) is 0 Å². The molecule has 0 aliphatic rings. The van der Waals surface area contributed by atoms with Crippen LogP contribution in [0.15, 0.2) is 12.3 Å². The number of amides is 1. The summed E-state index contributed by atoms with van der Waals surface area (Å²) in [5.41, 5.74) is -1.29. The molecule has 2 atom stereocenters. The molecule has 1 amide bonds. The number of carbonyl (C=O) groups is 2. The van der Waals surface area contributed by atoms with E-state index < -0.39 is 35.8 Å².